The largest absolute Gasteiger partial charge is 0.326 e. The zero-order valence-electron chi connectivity index (χ0n) is 10.4. The molecule has 0 aliphatic carbocycles. The average molecular weight is 282 g/mol. The highest BCUT2D eigenvalue weighted by Crippen LogP contribution is 2.45. The molecule has 1 heterocycles. The second kappa shape index (κ2) is 7.07. The van der Waals surface area contributed by atoms with Gasteiger partial charge in [-0.25, -0.2) is 0 Å². The molecule has 1 aromatic carbocycles. The first kappa shape index (κ1) is 13.8. The van der Waals surface area contributed by atoms with Crippen LogP contribution < -0.4 is 10.6 Å². The molecule has 1 aromatic rings. The molecular formula is C13H18N2OS2. The second-order valence-corrected chi connectivity index (χ2v) is 6.83. The smallest absolute Gasteiger partial charge is 0.225 e. The summed E-state index contributed by atoms with van der Waals surface area (Å²) in [7, 11) is 1.85. The van der Waals surface area contributed by atoms with Crippen molar-refractivity contribution in [2.75, 3.05) is 30.4 Å². The second-order valence-electron chi connectivity index (χ2n) is 4.10. The Morgan fingerprint density at radius 3 is 2.89 bits per heavy atom. The molecule has 1 fully saturated rings. The van der Waals surface area contributed by atoms with E-state index in [1.165, 1.54) is 17.1 Å². The van der Waals surface area contributed by atoms with Crippen LogP contribution in [0.2, 0.25) is 0 Å². The van der Waals surface area contributed by atoms with Crippen LogP contribution in [0.1, 0.15) is 16.6 Å². The fourth-order valence-corrected chi connectivity index (χ4v) is 4.61. The molecule has 2 rings (SSSR count). The Morgan fingerprint density at radius 2 is 2.17 bits per heavy atom. The number of carbonyl (C=O) groups is 1. The standard InChI is InChI=1S/C13H18N2OS2/c1-14-6-5-12(16)15-11-4-2-3-10(9-11)13-17-7-8-18-13/h2-4,9,13-14H,5-8H2,1H3,(H,15,16). The van der Waals surface area contributed by atoms with Crippen molar-refractivity contribution in [1.82, 2.24) is 5.32 Å². The van der Waals surface area contributed by atoms with E-state index in [9.17, 15) is 4.79 Å². The molecule has 1 aliphatic rings. The number of hydrogen-bond donors (Lipinski definition) is 2. The van der Waals surface area contributed by atoms with Gasteiger partial charge in [0.25, 0.3) is 0 Å². The molecule has 1 amide bonds. The summed E-state index contributed by atoms with van der Waals surface area (Å²) >= 11 is 3.95. The lowest BCUT2D eigenvalue weighted by Gasteiger charge is -2.11. The molecule has 2 N–H and O–H groups in total. The van der Waals surface area contributed by atoms with Crippen molar-refractivity contribution in [1.29, 1.82) is 0 Å². The predicted molar refractivity (Wildman–Crippen MR) is 81.3 cm³/mol. The molecule has 0 bridgehead atoms. The number of benzene rings is 1. The van der Waals surface area contributed by atoms with Gasteiger partial charge in [0.15, 0.2) is 0 Å². The Bertz CT molecular complexity index is 406. The number of amides is 1. The minimum atomic E-state index is 0.0632. The van der Waals surface area contributed by atoms with Crippen molar-refractivity contribution < 1.29 is 4.79 Å². The van der Waals surface area contributed by atoms with E-state index in [0.29, 0.717) is 17.5 Å². The van der Waals surface area contributed by atoms with Crippen LogP contribution in [-0.2, 0) is 4.79 Å². The molecule has 3 nitrogen and oxygen atoms in total. The number of hydrogen-bond acceptors (Lipinski definition) is 4. The summed E-state index contributed by atoms with van der Waals surface area (Å²) in [4.78, 5) is 11.6. The molecular weight excluding hydrogens is 264 g/mol. The van der Waals surface area contributed by atoms with Gasteiger partial charge in [0.05, 0.1) is 4.58 Å². The van der Waals surface area contributed by atoms with E-state index >= 15 is 0 Å². The monoisotopic (exact) mass is 282 g/mol. The third-order valence-electron chi connectivity index (χ3n) is 2.67. The number of nitrogens with one attached hydrogen (secondary N) is 2. The highest BCUT2D eigenvalue weighted by Gasteiger charge is 2.18. The third kappa shape index (κ3) is 3.93. The van der Waals surface area contributed by atoms with Gasteiger partial charge in [0.2, 0.25) is 5.91 Å². The van der Waals surface area contributed by atoms with E-state index in [4.69, 9.17) is 0 Å². The summed E-state index contributed by atoms with van der Waals surface area (Å²) in [6, 6.07) is 8.19. The first-order valence-corrected chi connectivity index (χ1v) is 8.17. The lowest BCUT2D eigenvalue weighted by Crippen LogP contribution is -2.18. The predicted octanol–water partition coefficient (Wildman–Crippen LogP) is 2.71. The van der Waals surface area contributed by atoms with Gasteiger partial charge < -0.3 is 10.6 Å². The van der Waals surface area contributed by atoms with E-state index in [0.717, 1.165) is 5.69 Å². The Labute approximate surface area is 116 Å². The molecule has 0 atom stereocenters. The molecule has 0 aromatic heterocycles. The van der Waals surface area contributed by atoms with Gasteiger partial charge in [0.1, 0.15) is 0 Å². The van der Waals surface area contributed by atoms with E-state index < -0.39 is 0 Å². The normalized spacial score (nSPS) is 15.8. The van der Waals surface area contributed by atoms with Crippen LogP contribution in [0.4, 0.5) is 5.69 Å². The van der Waals surface area contributed by atoms with Crippen molar-refractivity contribution in [3.05, 3.63) is 29.8 Å². The number of thioether (sulfide) groups is 2. The van der Waals surface area contributed by atoms with E-state index in [1.54, 1.807) is 0 Å². The maximum atomic E-state index is 11.6. The number of anilines is 1. The Morgan fingerprint density at radius 1 is 1.39 bits per heavy atom. The molecule has 0 radical (unpaired) electrons. The number of carbonyl (C=O) groups excluding carboxylic acids is 1. The summed E-state index contributed by atoms with van der Waals surface area (Å²) in [6.45, 7) is 0.708. The van der Waals surface area contributed by atoms with Gasteiger partial charge in [-0.1, -0.05) is 12.1 Å². The fourth-order valence-electron chi connectivity index (χ4n) is 1.78. The topological polar surface area (TPSA) is 41.1 Å². The summed E-state index contributed by atoms with van der Waals surface area (Å²) < 4.78 is 0.527. The number of rotatable bonds is 5. The molecule has 0 saturated carbocycles. The Hall–Kier alpha value is -0.650. The van der Waals surface area contributed by atoms with Gasteiger partial charge in [-0.3, -0.25) is 4.79 Å². The van der Waals surface area contributed by atoms with Crippen molar-refractivity contribution in [3.8, 4) is 0 Å². The molecule has 0 spiro atoms. The Kier molecular flexibility index (Phi) is 5.41. The zero-order chi connectivity index (χ0) is 12.8. The minimum absolute atomic E-state index is 0.0632. The average Bonchev–Trinajstić information content (AvgIpc) is 2.90. The molecule has 18 heavy (non-hydrogen) atoms. The van der Waals surface area contributed by atoms with E-state index in [-0.39, 0.29) is 5.91 Å². The summed E-state index contributed by atoms with van der Waals surface area (Å²) in [5.41, 5.74) is 2.20. The van der Waals surface area contributed by atoms with Crippen LogP contribution in [0.25, 0.3) is 0 Å². The zero-order valence-corrected chi connectivity index (χ0v) is 12.1. The van der Waals surface area contributed by atoms with Crippen molar-refractivity contribution in [2.24, 2.45) is 0 Å². The van der Waals surface area contributed by atoms with E-state index in [1.807, 2.05) is 42.7 Å². The highest BCUT2D eigenvalue weighted by atomic mass is 32.2. The first-order valence-electron chi connectivity index (χ1n) is 6.07. The summed E-state index contributed by atoms with van der Waals surface area (Å²) in [5, 5.41) is 5.92. The Balaban J connectivity index is 1.96. The van der Waals surface area contributed by atoms with Gasteiger partial charge >= 0.3 is 0 Å². The van der Waals surface area contributed by atoms with Crippen LogP contribution in [0.15, 0.2) is 24.3 Å². The van der Waals surface area contributed by atoms with Gasteiger partial charge in [-0.05, 0) is 24.7 Å². The summed E-state index contributed by atoms with van der Waals surface area (Å²) in [5.74, 6) is 2.50. The lowest BCUT2D eigenvalue weighted by atomic mass is 10.2. The van der Waals surface area contributed by atoms with Crippen LogP contribution in [0.5, 0.6) is 0 Å². The summed E-state index contributed by atoms with van der Waals surface area (Å²) in [6.07, 6.45) is 0.508. The van der Waals surface area contributed by atoms with Crippen molar-refractivity contribution >= 4 is 35.1 Å². The molecule has 0 unspecified atom stereocenters. The fraction of sp³-hybridized carbons (Fsp3) is 0.462. The highest BCUT2D eigenvalue weighted by molar-refractivity contribution is 8.19. The molecule has 1 aliphatic heterocycles. The molecule has 98 valence electrons. The maximum absolute atomic E-state index is 11.6. The molecule has 1 saturated heterocycles. The van der Waals surface area contributed by atoms with Gasteiger partial charge in [-0.15, -0.1) is 23.5 Å². The van der Waals surface area contributed by atoms with Crippen LogP contribution >= 0.6 is 23.5 Å². The maximum Gasteiger partial charge on any atom is 0.225 e. The quantitative estimate of drug-likeness (QED) is 0.871. The van der Waals surface area contributed by atoms with Crippen molar-refractivity contribution in [3.63, 3.8) is 0 Å². The SMILES string of the molecule is CNCCC(=O)Nc1cccc(C2SCCS2)c1. The van der Waals surface area contributed by atoms with Crippen LogP contribution in [-0.4, -0.2) is 31.0 Å². The molecule has 5 heteroatoms. The van der Waals surface area contributed by atoms with Gasteiger partial charge in [-0.2, -0.15) is 0 Å². The minimum Gasteiger partial charge on any atom is -0.326 e. The van der Waals surface area contributed by atoms with E-state index in [2.05, 4.69) is 22.8 Å². The first-order chi connectivity index (χ1) is 8.79. The van der Waals surface area contributed by atoms with Crippen LogP contribution in [0, 0.1) is 0 Å². The lowest BCUT2D eigenvalue weighted by molar-refractivity contribution is -0.116. The third-order valence-corrected chi connectivity index (χ3v) is 5.77. The van der Waals surface area contributed by atoms with Gasteiger partial charge in [0, 0.05) is 30.2 Å². The van der Waals surface area contributed by atoms with Crippen molar-refractivity contribution in [2.45, 2.75) is 11.0 Å². The van der Waals surface area contributed by atoms with Crippen LogP contribution in [0.3, 0.4) is 0 Å².